The minimum absolute atomic E-state index is 0.0519. The van der Waals surface area contributed by atoms with Crippen LogP contribution in [0.5, 0.6) is 5.75 Å². The SMILES string of the molecule is Cn1nccc1C(=O)N1CCO[C@@H](c2cc(CCOc3cccc(Cl)c3)[nH]n2)C1. The van der Waals surface area contributed by atoms with Crippen LogP contribution in [0.15, 0.2) is 42.6 Å². The second-order valence-corrected chi connectivity index (χ2v) is 7.26. The number of amides is 1. The fraction of sp³-hybridized carbons (Fsp3) is 0.350. The van der Waals surface area contributed by atoms with Crippen LogP contribution in [-0.2, 0) is 18.2 Å². The van der Waals surface area contributed by atoms with Gasteiger partial charge in [0.05, 0.1) is 25.5 Å². The third-order valence-electron chi connectivity index (χ3n) is 4.81. The Hall–Kier alpha value is -2.84. The zero-order valence-corrected chi connectivity index (χ0v) is 16.8. The molecular weight excluding hydrogens is 394 g/mol. The van der Waals surface area contributed by atoms with E-state index in [1.54, 1.807) is 35.0 Å². The number of nitrogens with one attached hydrogen (secondary N) is 1. The van der Waals surface area contributed by atoms with Crippen LogP contribution in [0.3, 0.4) is 0 Å². The lowest BCUT2D eigenvalue weighted by Gasteiger charge is -2.32. The third-order valence-corrected chi connectivity index (χ3v) is 5.05. The van der Waals surface area contributed by atoms with Crippen molar-refractivity contribution < 1.29 is 14.3 Å². The van der Waals surface area contributed by atoms with Crippen LogP contribution >= 0.6 is 11.6 Å². The summed E-state index contributed by atoms with van der Waals surface area (Å²) in [5, 5.41) is 12.1. The highest BCUT2D eigenvalue weighted by molar-refractivity contribution is 6.30. The molecule has 0 saturated carbocycles. The Kier molecular flexibility index (Phi) is 5.82. The zero-order chi connectivity index (χ0) is 20.2. The molecule has 3 aromatic rings. The molecule has 1 aliphatic heterocycles. The van der Waals surface area contributed by atoms with Gasteiger partial charge in [0, 0.05) is 36.9 Å². The second kappa shape index (κ2) is 8.67. The van der Waals surface area contributed by atoms with Crippen LogP contribution in [0.4, 0.5) is 0 Å². The summed E-state index contributed by atoms with van der Waals surface area (Å²) < 4.78 is 13.2. The molecule has 0 bridgehead atoms. The van der Waals surface area contributed by atoms with Crippen LogP contribution in [0.25, 0.3) is 0 Å². The standard InChI is InChI=1S/C20H22ClN5O3/c1-25-18(5-7-22-25)20(27)26-8-10-29-19(13-26)17-12-15(23-24-17)6-9-28-16-4-2-3-14(21)11-16/h2-5,7,11-12,19H,6,8-10,13H2,1H3,(H,23,24)/t19-/m1/s1. The summed E-state index contributed by atoms with van der Waals surface area (Å²) in [6, 6.07) is 11.0. The highest BCUT2D eigenvalue weighted by Crippen LogP contribution is 2.23. The lowest BCUT2D eigenvalue weighted by atomic mass is 10.1. The van der Waals surface area contributed by atoms with Crippen LogP contribution in [0.2, 0.25) is 5.02 Å². The Labute approximate surface area is 173 Å². The minimum Gasteiger partial charge on any atom is -0.493 e. The number of ether oxygens (including phenoxy) is 2. The smallest absolute Gasteiger partial charge is 0.272 e. The number of aromatic amines is 1. The maximum absolute atomic E-state index is 12.7. The fourth-order valence-corrected chi connectivity index (χ4v) is 3.45. The highest BCUT2D eigenvalue weighted by Gasteiger charge is 2.28. The van der Waals surface area contributed by atoms with E-state index >= 15 is 0 Å². The third kappa shape index (κ3) is 4.60. The number of halogens is 1. The van der Waals surface area contributed by atoms with Crippen molar-refractivity contribution in [2.24, 2.45) is 7.05 Å². The number of carbonyl (C=O) groups excluding carboxylic acids is 1. The van der Waals surface area contributed by atoms with Gasteiger partial charge in [0.1, 0.15) is 17.5 Å². The van der Waals surface area contributed by atoms with Gasteiger partial charge >= 0.3 is 0 Å². The molecule has 1 atom stereocenters. The monoisotopic (exact) mass is 415 g/mol. The minimum atomic E-state index is -0.264. The number of rotatable bonds is 6. The van der Waals surface area contributed by atoms with Gasteiger partial charge in [-0.15, -0.1) is 0 Å². The van der Waals surface area contributed by atoms with E-state index in [4.69, 9.17) is 21.1 Å². The lowest BCUT2D eigenvalue weighted by Crippen LogP contribution is -2.43. The van der Waals surface area contributed by atoms with Crippen molar-refractivity contribution in [3.05, 3.63) is 64.7 Å². The number of aryl methyl sites for hydroxylation is 1. The van der Waals surface area contributed by atoms with Crippen molar-refractivity contribution in [2.45, 2.75) is 12.5 Å². The van der Waals surface area contributed by atoms with Gasteiger partial charge in [-0.05, 0) is 30.3 Å². The Morgan fingerprint density at radius 3 is 3.07 bits per heavy atom. The molecule has 8 nitrogen and oxygen atoms in total. The van der Waals surface area contributed by atoms with Gasteiger partial charge in [0.2, 0.25) is 0 Å². The Morgan fingerprint density at radius 2 is 2.28 bits per heavy atom. The maximum atomic E-state index is 12.7. The topological polar surface area (TPSA) is 85.3 Å². The molecule has 0 spiro atoms. The van der Waals surface area contributed by atoms with Crippen molar-refractivity contribution in [3.8, 4) is 5.75 Å². The number of morpholine rings is 1. The number of aromatic nitrogens is 4. The van der Waals surface area contributed by atoms with Crippen LogP contribution in [-0.4, -0.2) is 57.1 Å². The van der Waals surface area contributed by atoms with E-state index in [2.05, 4.69) is 15.3 Å². The summed E-state index contributed by atoms with van der Waals surface area (Å²) in [7, 11) is 1.76. The summed E-state index contributed by atoms with van der Waals surface area (Å²) in [5.74, 6) is 0.682. The summed E-state index contributed by atoms with van der Waals surface area (Å²) in [6.07, 6.45) is 2.03. The van der Waals surface area contributed by atoms with E-state index in [1.807, 2.05) is 24.3 Å². The molecule has 1 saturated heterocycles. The van der Waals surface area contributed by atoms with Gasteiger partial charge < -0.3 is 14.4 Å². The number of nitrogens with zero attached hydrogens (tertiary/aromatic N) is 4. The Bertz CT molecular complexity index is 986. The number of hydrogen-bond acceptors (Lipinski definition) is 5. The number of benzene rings is 1. The summed E-state index contributed by atoms with van der Waals surface area (Å²) in [5.41, 5.74) is 2.29. The number of carbonyl (C=O) groups is 1. The van der Waals surface area contributed by atoms with E-state index in [0.29, 0.717) is 43.4 Å². The number of hydrogen-bond donors (Lipinski definition) is 1. The second-order valence-electron chi connectivity index (χ2n) is 6.82. The van der Waals surface area contributed by atoms with E-state index < -0.39 is 0 Å². The summed E-state index contributed by atoms with van der Waals surface area (Å²) in [6.45, 7) is 1.96. The molecular formula is C20H22ClN5O3. The van der Waals surface area contributed by atoms with Crippen LogP contribution < -0.4 is 4.74 Å². The molecule has 1 amide bonds. The zero-order valence-electron chi connectivity index (χ0n) is 16.0. The van der Waals surface area contributed by atoms with Crippen molar-refractivity contribution in [1.82, 2.24) is 24.9 Å². The molecule has 0 aliphatic carbocycles. The van der Waals surface area contributed by atoms with E-state index in [1.165, 1.54) is 0 Å². The fourth-order valence-electron chi connectivity index (χ4n) is 3.27. The van der Waals surface area contributed by atoms with Crippen molar-refractivity contribution in [3.63, 3.8) is 0 Å². The van der Waals surface area contributed by atoms with Crippen LogP contribution in [0, 0.1) is 0 Å². The van der Waals surface area contributed by atoms with Gasteiger partial charge in [-0.1, -0.05) is 17.7 Å². The van der Waals surface area contributed by atoms with Gasteiger partial charge in [-0.2, -0.15) is 10.2 Å². The summed E-state index contributed by atoms with van der Waals surface area (Å²) >= 11 is 5.96. The molecule has 0 unspecified atom stereocenters. The predicted octanol–water partition coefficient (Wildman–Crippen LogP) is 2.63. The molecule has 4 rings (SSSR count). The average Bonchev–Trinajstić information content (AvgIpc) is 3.37. The normalized spacial score (nSPS) is 16.8. The quantitative estimate of drug-likeness (QED) is 0.669. The van der Waals surface area contributed by atoms with Gasteiger partial charge in [0.25, 0.3) is 5.91 Å². The molecule has 1 aliphatic rings. The van der Waals surface area contributed by atoms with Crippen molar-refractivity contribution in [1.29, 1.82) is 0 Å². The molecule has 2 aromatic heterocycles. The lowest BCUT2D eigenvalue weighted by molar-refractivity contribution is -0.0250. The Morgan fingerprint density at radius 1 is 1.38 bits per heavy atom. The van der Waals surface area contributed by atoms with E-state index in [9.17, 15) is 4.79 Å². The van der Waals surface area contributed by atoms with Gasteiger partial charge in [-0.3, -0.25) is 14.6 Å². The number of H-pyrrole nitrogens is 1. The first-order valence-electron chi connectivity index (χ1n) is 9.41. The van der Waals surface area contributed by atoms with Crippen molar-refractivity contribution >= 4 is 17.5 Å². The molecule has 0 radical (unpaired) electrons. The largest absolute Gasteiger partial charge is 0.493 e. The van der Waals surface area contributed by atoms with E-state index in [0.717, 1.165) is 17.1 Å². The molecule has 3 heterocycles. The first-order chi connectivity index (χ1) is 14.1. The molecule has 29 heavy (non-hydrogen) atoms. The molecule has 1 aromatic carbocycles. The molecule has 152 valence electrons. The van der Waals surface area contributed by atoms with Crippen LogP contribution in [0.1, 0.15) is 28.0 Å². The first kappa shape index (κ1) is 19.5. The molecule has 1 fully saturated rings. The first-order valence-corrected chi connectivity index (χ1v) is 9.79. The predicted molar refractivity (Wildman–Crippen MR) is 107 cm³/mol. The summed E-state index contributed by atoms with van der Waals surface area (Å²) in [4.78, 5) is 14.5. The van der Waals surface area contributed by atoms with E-state index in [-0.39, 0.29) is 12.0 Å². The van der Waals surface area contributed by atoms with Gasteiger partial charge in [0.15, 0.2) is 0 Å². The molecule has 9 heteroatoms. The van der Waals surface area contributed by atoms with Crippen molar-refractivity contribution in [2.75, 3.05) is 26.3 Å². The average molecular weight is 416 g/mol. The maximum Gasteiger partial charge on any atom is 0.272 e. The molecule has 1 N–H and O–H groups in total. The highest BCUT2D eigenvalue weighted by atomic mass is 35.5. The van der Waals surface area contributed by atoms with Gasteiger partial charge in [-0.25, -0.2) is 0 Å². The Balaban J connectivity index is 1.33.